The lowest BCUT2D eigenvalue weighted by Gasteiger charge is -2.22. The maximum Gasteiger partial charge on any atom is 0.220 e. The Bertz CT molecular complexity index is 1440. The Morgan fingerprint density at radius 1 is 1.00 bits per heavy atom. The molecular weight excluding hydrogens is 458 g/mol. The number of aromatic nitrogens is 2. The lowest BCUT2D eigenvalue weighted by atomic mass is 9.89. The summed E-state index contributed by atoms with van der Waals surface area (Å²) in [6.07, 6.45) is 3.02. The third-order valence-corrected chi connectivity index (χ3v) is 7.31. The number of para-hydroxylation sites is 3. The molecule has 5 rings (SSSR count). The molecule has 0 saturated carbocycles. The zero-order chi connectivity index (χ0) is 24.2. The van der Waals surface area contributed by atoms with Crippen molar-refractivity contribution >= 4 is 38.4 Å². The molecule has 1 amide bonds. The van der Waals surface area contributed by atoms with E-state index in [1.807, 2.05) is 54.7 Å². The second kappa shape index (κ2) is 10.2. The summed E-state index contributed by atoms with van der Waals surface area (Å²) < 4.78 is 12.4. The summed E-state index contributed by atoms with van der Waals surface area (Å²) >= 11 is 1.64. The fourth-order valence-electron chi connectivity index (χ4n) is 4.51. The molecule has 178 valence electrons. The number of carbonyl (C=O) groups is 1. The molecule has 0 spiro atoms. The number of carbonyl (C=O) groups excluding carboxylic acids is 1. The standard InChI is InChI=1S/C28H27N3O3S/c1-33-24-12-7-9-19(28(24)34-2)21(20-16-29-22-10-4-3-8-18(20)22)17-30-26(32)14-15-27-31-23-11-5-6-13-25(23)35-27/h3-13,16,21,29H,14-15,17H2,1-2H3,(H,30,32). The van der Waals surface area contributed by atoms with Crippen LogP contribution < -0.4 is 14.8 Å². The first-order valence-corrected chi connectivity index (χ1v) is 12.4. The van der Waals surface area contributed by atoms with Crippen molar-refractivity contribution in [3.05, 3.63) is 89.1 Å². The van der Waals surface area contributed by atoms with Crippen LogP contribution in [-0.2, 0) is 11.2 Å². The number of fused-ring (bicyclic) bond motifs is 2. The van der Waals surface area contributed by atoms with Crippen LogP contribution in [0.3, 0.4) is 0 Å². The highest BCUT2D eigenvalue weighted by molar-refractivity contribution is 7.18. The summed E-state index contributed by atoms with van der Waals surface area (Å²) in [7, 11) is 3.27. The van der Waals surface area contributed by atoms with Crippen LogP contribution in [0.4, 0.5) is 0 Å². The SMILES string of the molecule is COc1cccc(C(CNC(=O)CCc2nc3ccccc3s2)c2c[nH]c3ccccc23)c1OC. The van der Waals surface area contributed by atoms with Crippen LogP contribution in [0.1, 0.15) is 28.5 Å². The van der Waals surface area contributed by atoms with Crippen molar-refractivity contribution < 1.29 is 14.3 Å². The van der Waals surface area contributed by atoms with Crippen LogP contribution in [-0.4, -0.2) is 36.6 Å². The zero-order valence-corrected chi connectivity index (χ0v) is 20.5. The van der Waals surface area contributed by atoms with Crippen molar-refractivity contribution in [2.24, 2.45) is 0 Å². The molecule has 0 aliphatic rings. The lowest BCUT2D eigenvalue weighted by Crippen LogP contribution is -2.29. The minimum Gasteiger partial charge on any atom is -0.493 e. The Balaban J connectivity index is 1.38. The molecule has 2 aromatic heterocycles. The van der Waals surface area contributed by atoms with Crippen molar-refractivity contribution in [3.8, 4) is 11.5 Å². The molecule has 1 unspecified atom stereocenters. The van der Waals surface area contributed by atoms with Crippen molar-refractivity contribution in [2.75, 3.05) is 20.8 Å². The third-order valence-electron chi connectivity index (χ3n) is 6.21. The first-order valence-electron chi connectivity index (χ1n) is 11.6. The highest BCUT2D eigenvalue weighted by Gasteiger charge is 2.24. The van der Waals surface area contributed by atoms with Crippen LogP contribution in [0.2, 0.25) is 0 Å². The Kier molecular flexibility index (Phi) is 6.68. The van der Waals surface area contributed by atoms with Gasteiger partial charge in [-0.05, 0) is 29.8 Å². The first kappa shape index (κ1) is 22.9. The van der Waals surface area contributed by atoms with Gasteiger partial charge in [0.05, 0.1) is 29.4 Å². The number of H-pyrrole nitrogens is 1. The van der Waals surface area contributed by atoms with E-state index >= 15 is 0 Å². The fourth-order valence-corrected chi connectivity index (χ4v) is 5.47. The van der Waals surface area contributed by atoms with Gasteiger partial charge in [-0.2, -0.15) is 0 Å². The van der Waals surface area contributed by atoms with Gasteiger partial charge in [-0.25, -0.2) is 4.98 Å². The number of hydrogen-bond acceptors (Lipinski definition) is 5. The van der Waals surface area contributed by atoms with Crippen LogP contribution in [0, 0.1) is 0 Å². The van der Waals surface area contributed by atoms with Gasteiger partial charge in [0.25, 0.3) is 0 Å². The number of thiazole rings is 1. The molecule has 35 heavy (non-hydrogen) atoms. The molecule has 0 saturated heterocycles. The summed E-state index contributed by atoms with van der Waals surface area (Å²) in [6, 6.07) is 22.1. The largest absolute Gasteiger partial charge is 0.493 e. The van der Waals surface area contributed by atoms with Gasteiger partial charge in [0.2, 0.25) is 5.91 Å². The Morgan fingerprint density at radius 3 is 2.66 bits per heavy atom. The fraction of sp³-hybridized carbons (Fsp3) is 0.214. The highest BCUT2D eigenvalue weighted by atomic mass is 32.1. The third kappa shape index (κ3) is 4.72. The second-order valence-corrected chi connectivity index (χ2v) is 9.42. The molecule has 0 radical (unpaired) electrons. The Labute approximate surface area is 207 Å². The van der Waals surface area contributed by atoms with Gasteiger partial charge in [0.15, 0.2) is 11.5 Å². The lowest BCUT2D eigenvalue weighted by molar-refractivity contribution is -0.121. The number of methoxy groups -OCH3 is 2. The average molecular weight is 486 g/mol. The average Bonchev–Trinajstić information content (AvgIpc) is 3.51. The molecule has 3 aromatic carbocycles. The molecular formula is C28H27N3O3S. The van der Waals surface area contributed by atoms with E-state index in [-0.39, 0.29) is 11.8 Å². The summed E-state index contributed by atoms with van der Waals surface area (Å²) in [5, 5.41) is 5.25. The van der Waals surface area contributed by atoms with E-state index in [0.717, 1.165) is 37.3 Å². The number of nitrogens with zero attached hydrogens (tertiary/aromatic N) is 1. The summed E-state index contributed by atoms with van der Waals surface area (Å²) in [4.78, 5) is 20.9. The Hall–Kier alpha value is -3.84. The van der Waals surface area contributed by atoms with Crippen LogP contribution in [0.15, 0.2) is 72.9 Å². The number of hydrogen-bond donors (Lipinski definition) is 2. The van der Waals surface area contributed by atoms with E-state index in [1.165, 1.54) is 0 Å². The topological polar surface area (TPSA) is 76.2 Å². The molecule has 0 aliphatic heterocycles. The number of aromatic amines is 1. The zero-order valence-electron chi connectivity index (χ0n) is 19.7. The molecule has 2 N–H and O–H groups in total. The smallest absolute Gasteiger partial charge is 0.220 e. The molecule has 2 heterocycles. The predicted molar refractivity (Wildman–Crippen MR) is 141 cm³/mol. The van der Waals surface area contributed by atoms with Gasteiger partial charge < -0.3 is 19.8 Å². The number of nitrogens with one attached hydrogen (secondary N) is 2. The van der Waals surface area contributed by atoms with Gasteiger partial charge in [-0.1, -0.05) is 42.5 Å². The second-order valence-electron chi connectivity index (χ2n) is 8.30. The molecule has 1 atom stereocenters. The van der Waals surface area contributed by atoms with Crippen LogP contribution in [0.25, 0.3) is 21.1 Å². The molecule has 6 nitrogen and oxygen atoms in total. The summed E-state index contributed by atoms with van der Waals surface area (Å²) in [5.74, 6) is 1.21. The van der Waals surface area contributed by atoms with E-state index in [1.54, 1.807) is 25.6 Å². The van der Waals surface area contributed by atoms with Gasteiger partial charge in [-0.3, -0.25) is 4.79 Å². The highest BCUT2D eigenvalue weighted by Crippen LogP contribution is 2.40. The molecule has 0 bridgehead atoms. The van der Waals surface area contributed by atoms with E-state index < -0.39 is 0 Å². The minimum absolute atomic E-state index is 0.00374. The van der Waals surface area contributed by atoms with E-state index in [0.29, 0.717) is 30.9 Å². The van der Waals surface area contributed by atoms with E-state index in [4.69, 9.17) is 9.47 Å². The number of benzene rings is 3. The van der Waals surface area contributed by atoms with Gasteiger partial charge in [0, 0.05) is 48.0 Å². The molecule has 7 heteroatoms. The van der Waals surface area contributed by atoms with E-state index in [9.17, 15) is 4.79 Å². The number of aryl methyl sites for hydroxylation is 1. The quantitative estimate of drug-likeness (QED) is 0.282. The van der Waals surface area contributed by atoms with Crippen molar-refractivity contribution in [1.29, 1.82) is 0 Å². The van der Waals surface area contributed by atoms with Gasteiger partial charge >= 0.3 is 0 Å². The molecule has 0 fully saturated rings. The molecule has 0 aliphatic carbocycles. The Morgan fingerprint density at radius 2 is 1.83 bits per heavy atom. The van der Waals surface area contributed by atoms with Crippen molar-refractivity contribution in [1.82, 2.24) is 15.3 Å². The number of rotatable bonds is 9. The van der Waals surface area contributed by atoms with Crippen LogP contribution in [0.5, 0.6) is 11.5 Å². The van der Waals surface area contributed by atoms with E-state index in [2.05, 4.69) is 33.5 Å². The maximum atomic E-state index is 12.9. The van der Waals surface area contributed by atoms with Crippen molar-refractivity contribution in [2.45, 2.75) is 18.8 Å². The summed E-state index contributed by atoms with van der Waals surface area (Å²) in [6.45, 7) is 0.435. The normalized spacial score (nSPS) is 12.1. The first-order chi connectivity index (χ1) is 17.2. The number of amides is 1. The predicted octanol–water partition coefficient (Wildman–Crippen LogP) is 5.68. The summed E-state index contributed by atoms with van der Waals surface area (Å²) in [5.41, 5.74) is 4.09. The number of ether oxygens (including phenoxy) is 2. The van der Waals surface area contributed by atoms with Gasteiger partial charge in [0.1, 0.15) is 0 Å². The van der Waals surface area contributed by atoms with Crippen LogP contribution >= 0.6 is 11.3 Å². The van der Waals surface area contributed by atoms with Crippen molar-refractivity contribution in [3.63, 3.8) is 0 Å². The monoisotopic (exact) mass is 485 g/mol. The minimum atomic E-state index is -0.123. The maximum absolute atomic E-state index is 12.9. The molecule has 5 aromatic rings. The van der Waals surface area contributed by atoms with Gasteiger partial charge in [-0.15, -0.1) is 11.3 Å².